The van der Waals surface area contributed by atoms with Crippen LogP contribution in [0.15, 0.2) is 12.2 Å². The molecule has 0 saturated carbocycles. The van der Waals surface area contributed by atoms with Gasteiger partial charge in [0.05, 0.1) is 0 Å². The first-order valence-electron chi connectivity index (χ1n) is 10.6. The molecule has 0 radical (unpaired) electrons. The summed E-state index contributed by atoms with van der Waals surface area (Å²) in [6.07, 6.45) is 19.8. The molecule has 0 amide bonds. The summed E-state index contributed by atoms with van der Waals surface area (Å²) in [6.45, 7) is 3.04. The molecule has 0 spiro atoms. The van der Waals surface area contributed by atoms with Gasteiger partial charge in [0.1, 0.15) is 0 Å². The summed E-state index contributed by atoms with van der Waals surface area (Å²) in [7, 11) is -4.47. The Morgan fingerprint density at radius 2 is 1.36 bits per heavy atom. The molecule has 0 saturated heterocycles. The predicted octanol–water partition coefficient (Wildman–Crippen LogP) is 2.31. The van der Waals surface area contributed by atoms with Gasteiger partial charge in [-0.05, 0) is 39.0 Å². The van der Waals surface area contributed by atoms with Gasteiger partial charge < -0.3 is 7.16 Å². The third-order valence-corrected chi connectivity index (χ3v) is 6.75. The van der Waals surface area contributed by atoms with E-state index in [1.807, 2.05) is 0 Å². The summed E-state index contributed by atoms with van der Waals surface area (Å²) < 4.78 is 30.0. The zero-order chi connectivity index (χ0) is 20.6. The third kappa shape index (κ3) is 13.5. The van der Waals surface area contributed by atoms with Crippen molar-refractivity contribution < 1.29 is 48.7 Å². The molecule has 0 heterocycles. The molecule has 28 heavy (non-hydrogen) atoms. The van der Waals surface area contributed by atoms with Crippen LogP contribution in [0.4, 0.5) is 0 Å². The van der Waals surface area contributed by atoms with Crippen LogP contribution in [0, 0.1) is 0 Å². The second-order valence-corrected chi connectivity index (χ2v) is 9.52. The minimum atomic E-state index is -4.47. The third-order valence-electron chi connectivity index (χ3n) is 5.21. The monoisotopic (exact) mass is 427 g/mol. The molecule has 7 heteroatoms. The van der Waals surface area contributed by atoms with Gasteiger partial charge in [0, 0.05) is 13.0 Å². The number of allylic oxidation sites excluding steroid dienone is 2. The van der Waals surface area contributed by atoms with Crippen molar-refractivity contribution in [3.8, 4) is 0 Å². The van der Waals surface area contributed by atoms with Crippen molar-refractivity contribution in [2.75, 3.05) is 6.54 Å². The number of hydrogen-bond acceptors (Lipinski definition) is 4. The minimum absolute atomic E-state index is 0. The van der Waals surface area contributed by atoms with Gasteiger partial charge in [-0.3, -0.25) is 9.35 Å². The fraction of sp³-hybridized carbons (Fsp3) is 0.857. The first-order chi connectivity index (χ1) is 12.8. The van der Waals surface area contributed by atoms with E-state index in [-0.39, 0.29) is 37.4 Å². The SMILES string of the molecule is CCCCCCCCC=CCCCCCCCC(=O)C(C)(CN)S(=O)(=O)O.[H-].[Na+]. The predicted molar refractivity (Wildman–Crippen MR) is 115 cm³/mol. The topological polar surface area (TPSA) is 97.5 Å². The number of unbranched alkanes of at least 4 members (excludes halogenated alkanes) is 11. The van der Waals surface area contributed by atoms with Gasteiger partial charge >= 0.3 is 29.6 Å². The van der Waals surface area contributed by atoms with Crippen molar-refractivity contribution in [2.45, 2.75) is 108 Å². The second-order valence-electron chi connectivity index (χ2n) is 7.67. The van der Waals surface area contributed by atoms with Gasteiger partial charge in [0.2, 0.25) is 0 Å². The normalized spacial score (nSPS) is 14.0. The average Bonchev–Trinajstić information content (AvgIpc) is 2.62. The number of rotatable bonds is 18. The van der Waals surface area contributed by atoms with E-state index in [2.05, 4.69) is 19.1 Å². The smallest absolute Gasteiger partial charge is 1.00 e. The van der Waals surface area contributed by atoms with Crippen LogP contribution < -0.4 is 35.3 Å². The molecule has 3 N–H and O–H groups in total. The van der Waals surface area contributed by atoms with E-state index in [4.69, 9.17) is 5.73 Å². The maximum absolute atomic E-state index is 12.0. The van der Waals surface area contributed by atoms with Crippen LogP contribution in [0.5, 0.6) is 0 Å². The Balaban J connectivity index is -0.00000338. The van der Waals surface area contributed by atoms with E-state index in [9.17, 15) is 17.8 Å². The number of carbonyl (C=O) groups excluding carboxylic acids is 1. The Bertz CT molecular complexity index is 529. The van der Waals surface area contributed by atoms with E-state index in [1.165, 1.54) is 51.9 Å². The molecule has 0 bridgehead atoms. The Labute approximate surface area is 196 Å². The molecule has 0 aliphatic heterocycles. The maximum atomic E-state index is 12.0. The van der Waals surface area contributed by atoms with E-state index >= 15 is 0 Å². The Hall–Kier alpha value is 0.280. The Morgan fingerprint density at radius 1 is 0.929 bits per heavy atom. The zero-order valence-electron chi connectivity index (χ0n) is 19.4. The van der Waals surface area contributed by atoms with Crippen LogP contribution in [0.2, 0.25) is 0 Å². The van der Waals surface area contributed by atoms with Crippen LogP contribution in [-0.4, -0.2) is 30.0 Å². The summed E-state index contributed by atoms with van der Waals surface area (Å²) in [5.74, 6) is -0.495. The fourth-order valence-corrected chi connectivity index (χ4v) is 3.58. The molecule has 0 fully saturated rings. The summed E-state index contributed by atoms with van der Waals surface area (Å²) in [4.78, 5) is 12.0. The summed E-state index contributed by atoms with van der Waals surface area (Å²) in [5.41, 5.74) is 5.38. The van der Waals surface area contributed by atoms with Gasteiger partial charge in [-0.2, -0.15) is 8.42 Å². The van der Waals surface area contributed by atoms with Crippen LogP contribution in [0.25, 0.3) is 0 Å². The minimum Gasteiger partial charge on any atom is -1.00 e. The van der Waals surface area contributed by atoms with Gasteiger partial charge in [0.25, 0.3) is 10.1 Å². The maximum Gasteiger partial charge on any atom is 1.00 e. The molecule has 0 aromatic heterocycles. The molecular weight excluding hydrogens is 385 g/mol. The molecular formula is C21H42NNaO4S. The van der Waals surface area contributed by atoms with Crippen LogP contribution in [0.1, 0.15) is 105 Å². The first-order valence-corrected chi connectivity index (χ1v) is 12.1. The number of carbonyl (C=O) groups is 1. The van der Waals surface area contributed by atoms with Crippen molar-refractivity contribution in [2.24, 2.45) is 5.73 Å². The van der Waals surface area contributed by atoms with Crippen LogP contribution >= 0.6 is 0 Å². The van der Waals surface area contributed by atoms with Gasteiger partial charge in [0.15, 0.2) is 10.5 Å². The number of nitrogens with two attached hydrogens (primary N) is 1. The molecule has 1 atom stereocenters. The summed E-state index contributed by atoms with van der Waals surface area (Å²) >= 11 is 0. The Morgan fingerprint density at radius 3 is 1.79 bits per heavy atom. The van der Waals surface area contributed by atoms with Gasteiger partial charge in [-0.1, -0.05) is 70.4 Å². The Kier molecular flexibility index (Phi) is 19.7. The molecule has 0 aromatic rings. The van der Waals surface area contributed by atoms with Gasteiger partial charge in [-0.25, -0.2) is 0 Å². The van der Waals surface area contributed by atoms with Crippen molar-refractivity contribution in [1.82, 2.24) is 0 Å². The quantitative estimate of drug-likeness (QED) is 0.151. The van der Waals surface area contributed by atoms with E-state index in [0.717, 1.165) is 32.1 Å². The van der Waals surface area contributed by atoms with E-state index in [0.29, 0.717) is 6.42 Å². The van der Waals surface area contributed by atoms with Crippen molar-refractivity contribution in [3.63, 3.8) is 0 Å². The molecule has 1 unspecified atom stereocenters. The zero-order valence-corrected chi connectivity index (χ0v) is 21.2. The van der Waals surface area contributed by atoms with Crippen molar-refractivity contribution in [1.29, 1.82) is 0 Å². The second kappa shape index (κ2) is 18.1. The fourth-order valence-electron chi connectivity index (χ4n) is 2.98. The molecule has 5 nitrogen and oxygen atoms in total. The standard InChI is InChI=1S/C21H41NO4S.Na.H/c1-3-4-5-6-7-8-9-10-11-12-13-14-15-16-17-18-20(23)21(2,19-22)27(24,25)26;;/h10-11H,3-9,12-19,22H2,1-2H3,(H,24,25,26);;/q;+1;-1. The summed E-state index contributed by atoms with van der Waals surface area (Å²) in [6, 6.07) is 0. The summed E-state index contributed by atoms with van der Waals surface area (Å²) in [5, 5.41) is 0. The largest absolute Gasteiger partial charge is 1.00 e. The molecule has 162 valence electrons. The number of Topliss-reactive ketones (excluding diaryl/α,β-unsaturated/α-hetero) is 1. The number of hydrogen-bond donors (Lipinski definition) is 2. The molecule has 0 rings (SSSR count). The average molecular weight is 428 g/mol. The van der Waals surface area contributed by atoms with Crippen LogP contribution in [-0.2, 0) is 14.9 Å². The molecule has 0 aliphatic carbocycles. The molecule has 0 aliphatic rings. The van der Waals surface area contributed by atoms with Crippen molar-refractivity contribution in [3.05, 3.63) is 12.2 Å². The van der Waals surface area contributed by atoms with Crippen LogP contribution in [0.3, 0.4) is 0 Å². The first kappa shape index (κ1) is 30.5. The van der Waals surface area contributed by atoms with E-state index < -0.39 is 27.2 Å². The van der Waals surface area contributed by atoms with Gasteiger partial charge in [-0.15, -0.1) is 0 Å². The molecule has 0 aromatic carbocycles. The van der Waals surface area contributed by atoms with Crippen molar-refractivity contribution >= 4 is 15.9 Å². The number of ketones is 1. The van der Waals surface area contributed by atoms with E-state index in [1.54, 1.807) is 0 Å².